The Balaban J connectivity index is 1.63. The van der Waals surface area contributed by atoms with Gasteiger partial charge < -0.3 is 5.32 Å². The molecule has 1 aliphatic rings. The van der Waals surface area contributed by atoms with Gasteiger partial charge in [-0.15, -0.1) is 0 Å². The van der Waals surface area contributed by atoms with Gasteiger partial charge in [-0.3, -0.25) is 0 Å². The van der Waals surface area contributed by atoms with Crippen molar-refractivity contribution in [3.8, 4) is 5.95 Å². The molecule has 1 fully saturated rings. The Morgan fingerprint density at radius 2 is 1.91 bits per heavy atom. The number of anilines is 1. The fraction of sp³-hybridized carbons (Fsp3) is 0.353. The second kappa shape index (κ2) is 5.75. The Morgan fingerprint density at radius 1 is 1.05 bits per heavy atom. The lowest BCUT2D eigenvalue weighted by Crippen LogP contribution is -2.23. The summed E-state index contributed by atoms with van der Waals surface area (Å²) in [6, 6.07) is 10.6. The number of nitrogens with one attached hydrogen (secondary N) is 1. The van der Waals surface area contributed by atoms with Crippen LogP contribution in [0.5, 0.6) is 0 Å². The number of para-hydroxylation sites is 1. The predicted octanol–water partition coefficient (Wildman–Crippen LogP) is 3.56. The van der Waals surface area contributed by atoms with Crippen molar-refractivity contribution in [1.82, 2.24) is 19.7 Å². The minimum atomic E-state index is 0.533. The first-order valence-corrected chi connectivity index (χ1v) is 7.93. The highest BCUT2D eigenvalue weighted by Crippen LogP contribution is 2.21. The molecule has 1 N–H and O–H groups in total. The Kier molecular flexibility index (Phi) is 3.46. The third kappa shape index (κ3) is 2.54. The van der Waals surface area contributed by atoms with Crippen molar-refractivity contribution in [2.45, 2.75) is 38.1 Å². The van der Waals surface area contributed by atoms with Crippen molar-refractivity contribution in [3.63, 3.8) is 0 Å². The van der Waals surface area contributed by atoms with Crippen LogP contribution in [0.25, 0.3) is 16.9 Å². The summed E-state index contributed by atoms with van der Waals surface area (Å²) in [6.45, 7) is 0. The molecular formula is C17H19N5. The van der Waals surface area contributed by atoms with E-state index >= 15 is 0 Å². The molecule has 1 saturated carbocycles. The first-order valence-electron chi connectivity index (χ1n) is 7.93. The summed E-state index contributed by atoms with van der Waals surface area (Å²) in [7, 11) is 0. The summed E-state index contributed by atoms with van der Waals surface area (Å²) in [4.78, 5) is 9.01. The molecule has 0 radical (unpaired) electrons. The van der Waals surface area contributed by atoms with E-state index in [1.165, 1.54) is 32.1 Å². The van der Waals surface area contributed by atoms with Crippen LogP contribution in [0, 0.1) is 0 Å². The highest BCUT2D eigenvalue weighted by atomic mass is 15.3. The zero-order valence-electron chi connectivity index (χ0n) is 12.4. The van der Waals surface area contributed by atoms with E-state index in [2.05, 4.69) is 20.4 Å². The lowest BCUT2D eigenvalue weighted by molar-refractivity contribution is 0.461. The molecule has 0 bridgehead atoms. The first-order chi connectivity index (χ1) is 10.9. The molecule has 22 heavy (non-hydrogen) atoms. The van der Waals surface area contributed by atoms with Crippen LogP contribution in [-0.2, 0) is 0 Å². The van der Waals surface area contributed by atoms with Gasteiger partial charge in [0.05, 0.1) is 11.7 Å². The van der Waals surface area contributed by atoms with E-state index in [9.17, 15) is 0 Å². The highest BCUT2D eigenvalue weighted by molar-refractivity contribution is 5.79. The normalized spacial score (nSPS) is 16.0. The van der Waals surface area contributed by atoms with E-state index in [-0.39, 0.29) is 0 Å². The van der Waals surface area contributed by atoms with Gasteiger partial charge in [0.15, 0.2) is 0 Å². The molecule has 1 aliphatic carbocycles. The second-order valence-electron chi connectivity index (χ2n) is 5.84. The van der Waals surface area contributed by atoms with Crippen molar-refractivity contribution < 1.29 is 0 Å². The van der Waals surface area contributed by atoms with E-state index in [0.29, 0.717) is 12.0 Å². The first kappa shape index (κ1) is 13.2. The van der Waals surface area contributed by atoms with E-state index in [1.54, 1.807) is 10.9 Å². The van der Waals surface area contributed by atoms with Gasteiger partial charge in [0.1, 0.15) is 5.82 Å². The fourth-order valence-corrected chi connectivity index (χ4v) is 3.12. The number of hydrogen-bond acceptors (Lipinski definition) is 4. The van der Waals surface area contributed by atoms with Crippen LogP contribution >= 0.6 is 0 Å². The van der Waals surface area contributed by atoms with Crippen molar-refractivity contribution in [2.75, 3.05) is 5.32 Å². The average Bonchev–Trinajstić information content (AvgIpc) is 3.00. The van der Waals surface area contributed by atoms with Crippen LogP contribution < -0.4 is 5.32 Å². The molecule has 112 valence electrons. The quantitative estimate of drug-likeness (QED) is 0.802. The van der Waals surface area contributed by atoms with E-state index < -0.39 is 0 Å². The molecule has 2 heterocycles. The Bertz CT molecular complexity index is 773. The summed E-state index contributed by atoms with van der Waals surface area (Å²) >= 11 is 0. The van der Waals surface area contributed by atoms with Gasteiger partial charge in [0.2, 0.25) is 0 Å². The third-order valence-corrected chi connectivity index (χ3v) is 4.27. The molecule has 3 aromatic rings. The van der Waals surface area contributed by atoms with Crippen LogP contribution in [0.1, 0.15) is 32.1 Å². The standard InChI is InChI=1S/C17H19N5/c1-2-7-14(8-3-1)20-16-10-11-18-17(21-16)22-15-9-5-4-6-13(15)12-19-22/h4-6,9-12,14H,1-3,7-8H2,(H,18,20,21). The predicted molar refractivity (Wildman–Crippen MR) is 87.2 cm³/mol. The molecule has 0 unspecified atom stereocenters. The summed E-state index contributed by atoms with van der Waals surface area (Å²) in [5.41, 5.74) is 1.03. The molecule has 5 heteroatoms. The number of fused-ring (bicyclic) bond motifs is 1. The second-order valence-corrected chi connectivity index (χ2v) is 5.84. The highest BCUT2D eigenvalue weighted by Gasteiger charge is 2.14. The van der Waals surface area contributed by atoms with E-state index in [0.717, 1.165) is 16.7 Å². The number of nitrogens with zero attached hydrogens (tertiary/aromatic N) is 4. The maximum absolute atomic E-state index is 4.64. The minimum absolute atomic E-state index is 0.533. The lowest BCUT2D eigenvalue weighted by Gasteiger charge is -2.23. The molecule has 2 aromatic heterocycles. The number of aromatic nitrogens is 4. The van der Waals surface area contributed by atoms with Crippen molar-refractivity contribution in [2.24, 2.45) is 0 Å². The van der Waals surface area contributed by atoms with Gasteiger partial charge in [0.25, 0.3) is 5.95 Å². The number of benzene rings is 1. The van der Waals surface area contributed by atoms with Gasteiger partial charge in [0, 0.05) is 17.6 Å². The van der Waals surface area contributed by atoms with Crippen molar-refractivity contribution in [3.05, 3.63) is 42.7 Å². The molecule has 0 aliphatic heterocycles. The van der Waals surface area contributed by atoms with Crippen LogP contribution in [0.2, 0.25) is 0 Å². The topological polar surface area (TPSA) is 55.6 Å². The summed E-state index contributed by atoms with van der Waals surface area (Å²) < 4.78 is 1.79. The van der Waals surface area contributed by atoms with Gasteiger partial charge in [-0.2, -0.15) is 14.8 Å². The van der Waals surface area contributed by atoms with E-state index in [4.69, 9.17) is 0 Å². The fourth-order valence-electron chi connectivity index (χ4n) is 3.12. The Labute approximate surface area is 129 Å². The smallest absolute Gasteiger partial charge is 0.253 e. The molecule has 5 nitrogen and oxygen atoms in total. The molecule has 0 saturated heterocycles. The van der Waals surface area contributed by atoms with Crippen LogP contribution in [0.3, 0.4) is 0 Å². The maximum Gasteiger partial charge on any atom is 0.253 e. The molecule has 4 rings (SSSR count). The van der Waals surface area contributed by atoms with Crippen LogP contribution in [-0.4, -0.2) is 25.8 Å². The molecule has 0 atom stereocenters. The molecule has 1 aromatic carbocycles. The minimum Gasteiger partial charge on any atom is -0.367 e. The Morgan fingerprint density at radius 3 is 2.82 bits per heavy atom. The summed E-state index contributed by atoms with van der Waals surface area (Å²) in [6.07, 6.45) is 10.1. The number of hydrogen-bond donors (Lipinski definition) is 1. The number of rotatable bonds is 3. The molecule has 0 amide bonds. The SMILES string of the molecule is c1ccc2c(c1)cnn2-c1nccc(NC2CCCCC2)n1. The third-order valence-electron chi connectivity index (χ3n) is 4.27. The molecular weight excluding hydrogens is 274 g/mol. The monoisotopic (exact) mass is 293 g/mol. The van der Waals surface area contributed by atoms with Crippen molar-refractivity contribution >= 4 is 16.7 Å². The zero-order valence-corrected chi connectivity index (χ0v) is 12.4. The largest absolute Gasteiger partial charge is 0.367 e. The van der Waals surface area contributed by atoms with Crippen LogP contribution in [0.15, 0.2) is 42.7 Å². The average molecular weight is 293 g/mol. The summed E-state index contributed by atoms with van der Waals surface area (Å²) in [5, 5.41) is 9.05. The summed E-state index contributed by atoms with van der Waals surface area (Å²) in [5.74, 6) is 1.50. The van der Waals surface area contributed by atoms with Crippen molar-refractivity contribution in [1.29, 1.82) is 0 Å². The van der Waals surface area contributed by atoms with Gasteiger partial charge >= 0.3 is 0 Å². The van der Waals surface area contributed by atoms with Crippen LogP contribution in [0.4, 0.5) is 5.82 Å². The lowest BCUT2D eigenvalue weighted by atomic mass is 9.95. The zero-order chi connectivity index (χ0) is 14.8. The van der Waals surface area contributed by atoms with Gasteiger partial charge in [-0.1, -0.05) is 37.5 Å². The van der Waals surface area contributed by atoms with Gasteiger partial charge in [-0.05, 0) is 25.0 Å². The van der Waals surface area contributed by atoms with Gasteiger partial charge in [-0.25, -0.2) is 4.98 Å². The maximum atomic E-state index is 4.64. The van der Waals surface area contributed by atoms with E-state index in [1.807, 2.05) is 36.5 Å². The molecule has 0 spiro atoms. The Hall–Kier alpha value is -2.43.